The van der Waals surface area contributed by atoms with E-state index >= 15 is 0 Å². The first-order chi connectivity index (χ1) is 16.5. The predicted octanol–water partition coefficient (Wildman–Crippen LogP) is 5.99. The molecular formula is C26H28BrNO5S. The summed E-state index contributed by atoms with van der Waals surface area (Å²) in [6, 6.07) is 18.1. The van der Waals surface area contributed by atoms with Crippen molar-refractivity contribution < 1.29 is 24.1 Å². The molecule has 1 saturated heterocycles. The zero-order valence-corrected chi connectivity index (χ0v) is 21.6. The molecule has 0 spiro atoms. The van der Waals surface area contributed by atoms with Crippen LogP contribution in [0.4, 0.5) is 0 Å². The van der Waals surface area contributed by atoms with E-state index in [9.17, 15) is 9.90 Å². The van der Waals surface area contributed by atoms with Crippen molar-refractivity contribution in [3.05, 3.63) is 74.4 Å². The van der Waals surface area contributed by atoms with E-state index in [0.717, 1.165) is 14.9 Å². The van der Waals surface area contributed by atoms with E-state index < -0.39 is 5.97 Å². The second kappa shape index (κ2) is 11.3. The Morgan fingerprint density at radius 3 is 2.26 bits per heavy atom. The van der Waals surface area contributed by atoms with Crippen LogP contribution in [0.15, 0.2) is 58.4 Å². The Bertz CT molecular complexity index is 1090. The monoisotopic (exact) mass is 545 g/mol. The molecule has 34 heavy (non-hydrogen) atoms. The number of benzene rings is 2. The standard InChI is InChI=1S/C26H28BrNO5S/c1-31-20-14-19(15-21(32-2)25(20)33-16-17-6-4-3-5-7-17)24(22-8-9-23(27)34-22)28-12-10-18(11-13-28)26(29)30/h3-9,14-15,18,24H,10-13,16H2,1-2H3,(H,29,30). The number of rotatable bonds is 9. The predicted molar refractivity (Wildman–Crippen MR) is 136 cm³/mol. The lowest BCUT2D eigenvalue weighted by Crippen LogP contribution is -2.39. The number of hydrogen-bond acceptors (Lipinski definition) is 6. The fourth-order valence-electron chi connectivity index (χ4n) is 4.36. The molecule has 4 rings (SSSR count). The van der Waals surface area contributed by atoms with Gasteiger partial charge in [0.1, 0.15) is 6.61 Å². The Labute approximate surface area is 212 Å². The molecule has 1 aliphatic heterocycles. The molecule has 2 aromatic carbocycles. The normalized spacial score (nSPS) is 15.6. The smallest absolute Gasteiger partial charge is 0.306 e. The van der Waals surface area contributed by atoms with Crippen molar-refractivity contribution in [2.75, 3.05) is 27.3 Å². The average Bonchev–Trinajstić information content (AvgIpc) is 3.29. The van der Waals surface area contributed by atoms with Gasteiger partial charge in [0, 0.05) is 4.88 Å². The summed E-state index contributed by atoms with van der Waals surface area (Å²) in [5.41, 5.74) is 2.07. The molecule has 8 heteroatoms. The van der Waals surface area contributed by atoms with Gasteiger partial charge < -0.3 is 19.3 Å². The fourth-order valence-corrected chi connectivity index (χ4v) is 5.95. The molecule has 1 atom stereocenters. The van der Waals surface area contributed by atoms with Gasteiger partial charge in [0.05, 0.1) is 30.0 Å². The molecule has 0 aliphatic carbocycles. The molecule has 6 nitrogen and oxygen atoms in total. The number of hydrogen-bond donors (Lipinski definition) is 1. The van der Waals surface area contributed by atoms with Crippen LogP contribution in [0, 0.1) is 5.92 Å². The molecule has 1 N–H and O–H groups in total. The SMILES string of the molecule is COc1cc(C(c2ccc(Br)s2)N2CCC(C(=O)O)CC2)cc(OC)c1OCc1ccccc1. The highest BCUT2D eigenvalue weighted by molar-refractivity contribution is 9.11. The lowest BCUT2D eigenvalue weighted by Gasteiger charge is -2.36. The summed E-state index contributed by atoms with van der Waals surface area (Å²) in [7, 11) is 3.26. The number of halogens is 1. The average molecular weight is 546 g/mol. The summed E-state index contributed by atoms with van der Waals surface area (Å²) >= 11 is 5.27. The van der Waals surface area contributed by atoms with Gasteiger partial charge in [-0.05, 0) is 77.3 Å². The second-order valence-corrected chi connectivity index (χ2v) is 10.7. The number of thiophene rings is 1. The quantitative estimate of drug-likeness (QED) is 0.356. The highest BCUT2D eigenvalue weighted by Crippen LogP contribution is 2.45. The van der Waals surface area contributed by atoms with E-state index in [-0.39, 0.29) is 12.0 Å². The summed E-state index contributed by atoms with van der Waals surface area (Å²) in [5.74, 6) is 0.772. The minimum atomic E-state index is -0.710. The van der Waals surface area contributed by atoms with Crippen LogP contribution in [-0.4, -0.2) is 43.3 Å². The van der Waals surface area contributed by atoms with Crippen LogP contribution in [0.3, 0.4) is 0 Å². The molecule has 0 bridgehead atoms. The van der Waals surface area contributed by atoms with Crippen molar-refractivity contribution in [2.45, 2.75) is 25.5 Å². The van der Waals surface area contributed by atoms with Crippen LogP contribution in [-0.2, 0) is 11.4 Å². The van der Waals surface area contributed by atoms with Gasteiger partial charge in [-0.3, -0.25) is 9.69 Å². The van der Waals surface area contributed by atoms with Crippen molar-refractivity contribution in [3.63, 3.8) is 0 Å². The van der Waals surface area contributed by atoms with Gasteiger partial charge in [0.25, 0.3) is 0 Å². The van der Waals surface area contributed by atoms with Crippen LogP contribution in [0.2, 0.25) is 0 Å². The maximum absolute atomic E-state index is 11.5. The molecule has 0 amide bonds. The van der Waals surface area contributed by atoms with Crippen molar-refractivity contribution in [1.29, 1.82) is 0 Å². The summed E-state index contributed by atoms with van der Waals surface area (Å²) in [6.45, 7) is 1.80. The Balaban J connectivity index is 1.67. The summed E-state index contributed by atoms with van der Waals surface area (Å²) in [4.78, 5) is 15.0. The molecule has 1 aliphatic rings. The van der Waals surface area contributed by atoms with E-state index in [2.05, 4.69) is 26.9 Å². The number of piperidine rings is 1. The largest absolute Gasteiger partial charge is 0.493 e. The topological polar surface area (TPSA) is 68.2 Å². The Hall–Kier alpha value is -2.55. The first-order valence-electron chi connectivity index (χ1n) is 11.1. The summed E-state index contributed by atoms with van der Waals surface area (Å²) in [6.07, 6.45) is 1.26. The Morgan fingerprint density at radius 1 is 1.09 bits per heavy atom. The number of likely N-dealkylation sites (tertiary alicyclic amines) is 1. The van der Waals surface area contributed by atoms with E-state index in [1.807, 2.05) is 48.5 Å². The van der Waals surface area contributed by atoms with Crippen LogP contribution < -0.4 is 14.2 Å². The van der Waals surface area contributed by atoms with Crippen molar-refractivity contribution in [3.8, 4) is 17.2 Å². The molecule has 2 heterocycles. The number of carboxylic acids is 1. The molecular weight excluding hydrogens is 518 g/mol. The number of nitrogens with zero attached hydrogens (tertiary/aromatic N) is 1. The minimum absolute atomic E-state index is 0.0444. The lowest BCUT2D eigenvalue weighted by atomic mass is 9.93. The first-order valence-corrected chi connectivity index (χ1v) is 12.8. The first kappa shape index (κ1) is 24.6. The summed E-state index contributed by atoms with van der Waals surface area (Å²) < 4.78 is 18.7. The van der Waals surface area contributed by atoms with E-state index in [1.54, 1.807) is 25.6 Å². The van der Waals surface area contributed by atoms with Crippen molar-refractivity contribution in [1.82, 2.24) is 4.90 Å². The van der Waals surface area contributed by atoms with Crippen LogP contribution in [0.1, 0.15) is 34.9 Å². The molecule has 0 radical (unpaired) electrons. The molecule has 1 aromatic heterocycles. The van der Waals surface area contributed by atoms with Crippen molar-refractivity contribution >= 4 is 33.2 Å². The third kappa shape index (κ3) is 5.56. The molecule has 180 valence electrons. The number of methoxy groups -OCH3 is 2. The minimum Gasteiger partial charge on any atom is -0.493 e. The maximum atomic E-state index is 11.5. The third-order valence-corrected chi connectivity index (χ3v) is 7.81. The van der Waals surface area contributed by atoms with E-state index in [0.29, 0.717) is 49.8 Å². The second-order valence-electron chi connectivity index (χ2n) is 8.22. The Morgan fingerprint density at radius 2 is 1.74 bits per heavy atom. The third-order valence-electron chi connectivity index (χ3n) is 6.13. The van der Waals surface area contributed by atoms with Gasteiger partial charge in [-0.15, -0.1) is 11.3 Å². The zero-order chi connectivity index (χ0) is 24.1. The highest BCUT2D eigenvalue weighted by atomic mass is 79.9. The maximum Gasteiger partial charge on any atom is 0.306 e. The van der Waals surface area contributed by atoms with Crippen LogP contribution in [0.5, 0.6) is 17.2 Å². The van der Waals surface area contributed by atoms with Gasteiger partial charge in [-0.2, -0.15) is 0 Å². The van der Waals surface area contributed by atoms with E-state index in [1.165, 1.54) is 4.88 Å². The number of carbonyl (C=O) groups is 1. The lowest BCUT2D eigenvalue weighted by molar-refractivity contribution is -0.143. The van der Waals surface area contributed by atoms with Crippen molar-refractivity contribution in [2.24, 2.45) is 5.92 Å². The Kier molecular flexibility index (Phi) is 8.13. The number of carboxylic acid groups (broad SMARTS) is 1. The molecule has 1 fully saturated rings. The highest BCUT2D eigenvalue weighted by Gasteiger charge is 2.32. The van der Waals surface area contributed by atoms with Crippen LogP contribution >= 0.6 is 27.3 Å². The zero-order valence-electron chi connectivity index (χ0n) is 19.2. The van der Waals surface area contributed by atoms with Gasteiger partial charge >= 0.3 is 5.97 Å². The van der Waals surface area contributed by atoms with Gasteiger partial charge in [-0.25, -0.2) is 0 Å². The molecule has 3 aromatic rings. The number of aliphatic carboxylic acids is 1. The summed E-state index contributed by atoms with van der Waals surface area (Å²) in [5, 5.41) is 9.43. The van der Waals surface area contributed by atoms with Gasteiger partial charge in [0.15, 0.2) is 11.5 Å². The van der Waals surface area contributed by atoms with Gasteiger partial charge in [-0.1, -0.05) is 30.3 Å². The molecule has 0 saturated carbocycles. The molecule has 1 unspecified atom stereocenters. The van der Waals surface area contributed by atoms with E-state index in [4.69, 9.17) is 14.2 Å². The van der Waals surface area contributed by atoms with Gasteiger partial charge in [0.2, 0.25) is 5.75 Å². The number of ether oxygens (including phenoxy) is 3. The van der Waals surface area contributed by atoms with Crippen LogP contribution in [0.25, 0.3) is 0 Å². The fraction of sp³-hybridized carbons (Fsp3) is 0.346.